The smallest absolute Gasteiger partial charge is 0.263 e. The van der Waals surface area contributed by atoms with Gasteiger partial charge in [0.25, 0.3) is 10.0 Å². The highest BCUT2D eigenvalue weighted by atomic mass is 35.5. The second kappa shape index (κ2) is 10.0. The average molecular weight is 517 g/mol. The van der Waals surface area contributed by atoms with E-state index in [0.29, 0.717) is 38.0 Å². The van der Waals surface area contributed by atoms with Gasteiger partial charge in [-0.3, -0.25) is 4.72 Å². The maximum Gasteiger partial charge on any atom is 0.263 e. The summed E-state index contributed by atoms with van der Waals surface area (Å²) >= 11 is 12.0. The summed E-state index contributed by atoms with van der Waals surface area (Å²) < 4.78 is 28.0. The van der Waals surface area contributed by atoms with E-state index in [2.05, 4.69) is 16.2 Å². The molecular formula is C26H26Cl2N2O3S. The third-order valence-corrected chi connectivity index (χ3v) is 8.48. The van der Waals surface area contributed by atoms with Gasteiger partial charge in [0.15, 0.2) is 0 Å². The second-order valence-electron chi connectivity index (χ2n) is 8.56. The molecule has 2 N–H and O–H groups in total. The molecule has 1 heterocycles. The first-order valence-electron chi connectivity index (χ1n) is 10.9. The van der Waals surface area contributed by atoms with E-state index in [1.165, 1.54) is 18.2 Å². The van der Waals surface area contributed by atoms with Crippen molar-refractivity contribution in [3.8, 4) is 0 Å². The number of piperidine rings is 1. The van der Waals surface area contributed by atoms with Gasteiger partial charge in [0.2, 0.25) is 0 Å². The Morgan fingerprint density at radius 1 is 0.971 bits per heavy atom. The van der Waals surface area contributed by atoms with Gasteiger partial charge in [0.1, 0.15) is 4.90 Å². The summed E-state index contributed by atoms with van der Waals surface area (Å²) in [5, 5.41) is 11.2. The van der Waals surface area contributed by atoms with E-state index in [1.807, 2.05) is 42.5 Å². The van der Waals surface area contributed by atoms with Crippen molar-refractivity contribution in [1.29, 1.82) is 0 Å². The molecular weight excluding hydrogens is 491 g/mol. The predicted octanol–water partition coefficient (Wildman–Crippen LogP) is 5.83. The first-order chi connectivity index (χ1) is 16.2. The first kappa shape index (κ1) is 24.6. The number of hydrogen-bond donors (Lipinski definition) is 2. The Kier molecular flexibility index (Phi) is 7.24. The van der Waals surface area contributed by atoms with Crippen LogP contribution < -0.4 is 4.72 Å². The third-order valence-electron chi connectivity index (χ3n) is 6.13. The molecule has 1 fully saturated rings. The second-order valence-corrected chi connectivity index (χ2v) is 11.0. The molecule has 5 nitrogen and oxygen atoms in total. The van der Waals surface area contributed by atoms with Crippen molar-refractivity contribution in [2.75, 3.05) is 17.8 Å². The lowest BCUT2D eigenvalue weighted by Crippen LogP contribution is -2.44. The van der Waals surface area contributed by atoms with Crippen LogP contribution >= 0.6 is 23.2 Å². The average Bonchev–Trinajstić information content (AvgIpc) is 2.81. The molecule has 0 aliphatic carbocycles. The Hall–Kier alpha value is -2.51. The van der Waals surface area contributed by atoms with Crippen LogP contribution in [-0.2, 0) is 16.4 Å². The number of anilines is 1. The predicted molar refractivity (Wildman–Crippen MR) is 139 cm³/mol. The summed E-state index contributed by atoms with van der Waals surface area (Å²) in [6.07, 6.45) is 1.94. The van der Waals surface area contributed by atoms with Gasteiger partial charge in [-0.15, -0.1) is 0 Å². The molecule has 3 aromatic rings. The summed E-state index contributed by atoms with van der Waals surface area (Å²) in [6.45, 7) is 5.62. The van der Waals surface area contributed by atoms with Crippen LogP contribution in [0.15, 0.2) is 84.3 Å². The molecule has 1 aliphatic rings. The number of hydrogen-bond acceptors (Lipinski definition) is 4. The minimum atomic E-state index is -3.89. The number of nitrogens with one attached hydrogen (secondary N) is 1. The Morgan fingerprint density at radius 3 is 2.26 bits per heavy atom. The van der Waals surface area contributed by atoms with E-state index in [9.17, 15) is 13.5 Å². The van der Waals surface area contributed by atoms with Crippen molar-refractivity contribution < 1.29 is 13.5 Å². The van der Waals surface area contributed by atoms with Gasteiger partial charge < -0.3 is 10.0 Å². The van der Waals surface area contributed by atoms with Crippen LogP contribution in [0.5, 0.6) is 0 Å². The Labute approximate surface area is 210 Å². The summed E-state index contributed by atoms with van der Waals surface area (Å²) in [4.78, 5) is 2.08. The molecule has 0 spiro atoms. The quantitative estimate of drug-likeness (QED) is 0.414. The van der Waals surface area contributed by atoms with Crippen LogP contribution in [0.3, 0.4) is 0 Å². The fraction of sp³-hybridized carbons (Fsp3) is 0.231. The maximum atomic E-state index is 12.7. The van der Waals surface area contributed by atoms with Gasteiger partial charge in [-0.2, -0.15) is 0 Å². The van der Waals surface area contributed by atoms with Crippen molar-refractivity contribution in [2.45, 2.75) is 29.8 Å². The highest BCUT2D eigenvalue weighted by molar-refractivity contribution is 7.92. The Morgan fingerprint density at radius 2 is 1.62 bits per heavy atom. The van der Waals surface area contributed by atoms with Crippen LogP contribution in [0, 0.1) is 0 Å². The molecule has 0 saturated carbocycles. The summed E-state index contributed by atoms with van der Waals surface area (Å²) in [5.41, 5.74) is 2.55. The fourth-order valence-electron chi connectivity index (χ4n) is 4.16. The molecule has 1 aliphatic heterocycles. The topological polar surface area (TPSA) is 69.6 Å². The zero-order chi connectivity index (χ0) is 24.3. The molecule has 4 rings (SSSR count). The summed E-state index contributed by atoms with van der Waals surface area (Å²) in [6, 6.07) is 21.5. The van der Waals surface area contributed by atoms with Crippen LogP contribution in [0.2, 0.25) is 10.0 Å². The van der Waals surface area contributed by atoms with Crippen molar-refractivity contribution in [3.05, 3.63) is 101 Å². The SMILES string of the molecule is C=C(c1ccc(NS(=O)(=O)c2cccc(Cl)c2Cl)cc1)N1CCC(O)(Cc2ccccc2)CC1. The molecule has 0 radical (unpaired) electrons. The maximum absolute atomic E-state index is 12.7. The van der Waals surface area contributed by atoms with Crippen LogP contribution in [-0.4, -0.2) is 37.1 Å². The van der Waals surface area contributed by atoms with E-state index < -0.39 is 15.6 Å². The van der Waals surface area contributed by atoms with E-state index in [-0.39, 0.29) is 14.9 Å². The lowest BCUT2D eigenvalue weighted by Gasteiger charge is -2.40. The number of sulfonamides is 1. The number of benzene rings is 3. The normalized spacial score (nSPS) is 15.7. The molecule has 0 atom stereocenters. The van der Waals surface area contributed by atoms with E-state index >= 15 is 0 Å². The zero-order valence-corrected chi connectivity index (χ0v) is 20.9. The van der Waals surface area contributed by atoms with Crippen molar-refractivity contribution in [2.24, 2.45) is 0 Å². The van der Waals surface area contributed by atoms with Gasteiger partial charge in [-0.05, 0) is 48.2 Å². The van der Waals surface area contributed by atoms with Crippen molar-refractivity contribution >= 4 is 44.6 Å². The monoisotopic (exact) mass is 516 g/mol. The first-order valence-corrected chi connectivity index (χ1v) is 13.2. The lowest BCUT2D eigenvalue weighted by atomic mass is 9.85. The number of nitrogens with zero attached hydrogens (tertiary/aromatic N) is 1. The number of aliphatic hydroxyl groups is 1. The molecule has 0 unspecified atom stereocenters. The standard InChI is InChI=1S/C26H26Cl2N2O3S/c1-19(30-16-14-26(31,15-17-30)18-20-6-3-2-4-7-20)21-10-12-22(13-11-21)29-34(32,33)24-9-5-8-23(27)25(24)28/h2-13,29,31H,1,14-18H2. The molecule has 1 saturated heterocycles. The lowest BCUT2D eigenvalue weighted by molar-refractivity contribution is -0.00867. The molecule has 0 aromatic heterocycles. The molecule has 8 heteroatoms. The molecule has 0 amide bonds. The van der Waals surface area contributed by atoms with Crippen molar-refractivity contribution in [3.63, 3.8) is 0 Å². The Bertz CT molecular complexity index is 1270. The van der Waals surface area contributed by atoms with Gasteiger partial charge in [-0.1, -0.05) is 78.3 Å². The summed E-state index contributed by atoms with van der Waals surface area (Å²) in [5.74, 6) is 0. The summed E-state index contributed by atoms with van der Waals surface area (Å²) in [7, 11) is -3.89. The number of rotatable bonds is 7. The zero-order valence-electron chi connectivity index (χ0n) is 18.5. The van der Waals surface area contributed by atoms with Crippen molar-refractivity contribution in [1.82, 2.24) is 4.90 Å². The molecule has 178 valence electrons. The van der Waals surface area contributed by atoms with Gasteiger partial charge in [0, 0.05) is 30.9 Å². The Balaban J connectivity index is 1.38. The third kappa shape index (κ3) is 5.58. The molecule has 3 aromatic carbocycles. The van der Waals surface area contributed by atoms with Gasteiger partial charge in [0.05, 0.1) is 15.6 Å². The number of halogens is 2. The highest BCUT2D eigenvalue weighted by Crippen LogP contribution is 2.32. The van der Waals surface area contributed by atoms with E-state index in [4.69, 9.17) is 23.2 Å². The van der Waals surface area contributed by atoms with Gasteiger partial charge >= 0.3 is 0 Å². The largest absolute Gasteiger partial charge is 0.389 e. The fourth-order valence-corrected chi connectivity index (χ4v) is 5.98. The molecule has 0 bridgehead atoms. The van der Waals surface area contributed by atoms with Crippen LogP contribution in [0.1, 0.15) is 24.0 Å². The van der Waals surface area contributed by atoms with Gasteiger partial charge in [-0.25, -0.2) is 8.42 Å². The van der Waals surface area contributed by atoms with Crippen LogP contribution in [0.4, 0.5) is 5.69 Å². The number of likely N-dealkylation sites (tertiary alicyclic amines) is 1. The minimum absolute atomic E-state index is 0.0148. The highest BCUT2D eigenvalue weighted by Gasteiger charge is 2.33. The van der Waals surface area contributed by atoms with E-state index in [0.717, 1.165) is 16.8 Å². The van der Waals surface area contributed by atoms with E-state index in [1.54, 1.807) is 12.1 Å². The van der Waals surface area contributed by atoms with Crippen LogP contribution in [0.25, 0.3) is 5.70 Å². The molecule has 34 heavy (non-hydrogen) atoms. The minimum Gasteiger partial charge on any atom is -0.389 e.